The van der Waals surface area contributed by atoms with Crippen molar-refractivity contribution >= 4 is 70.3 Å². The van der Waals surface area contributed by atoms with Gasteiger partial charge >= 0.3 is 5.97 Å². The Bertz CT molecular complexity index is 1310. The van der Waals surface area contributed by atoms with Crippen molar-refractivity contribution in [2.75, 3.05) is 17.3 Å². The van der Waals surface area contributed by atoms with Crippen molar-refractivity contribution in [3.63, 3.8) is 0 Å². The zero-order chi connectivity index (χ0) is 26.8. The first-order chi connectivity index (χ1) is 18.3. The number of nitrogens with zero attached hydrogens (tertiary/aromatic N) is 8. The molecular formula is C20H21N9O5S4. The number of carboxylic acid groups (broad SMARTS) is 1. The molecule has 2 N–H and O–H groups in total. The number of fused-ring (bicyclic) bond motifs is 2. The topological polar surface area (TPSA) is 176 Å². The van der Waals surface area contributed by atoms with Crippen LogP contribution in [0.3, 0.4) is 0 Å². The number of carboxylic acids is 1. The highest BCUT2D eigenvalue weighted by Crippen LogP contribution is 2.41. The lowest BCUT2D eigenvalue weighted by molar-refractivity contribution is -0.150. The maximum absolute atomic E-state index is 12.6. The molecule has 0 spiro atoms. The van der Waals surface area contributed by atoms with E-state index in [0.29, 0.717) is 22.5 Å². The summed E-state index contributed by atoms with van der Waals surface area (Å²) in [5.74, 6) is 0.142. The monoisotopic (exact) mass is 595 g/mol. The number of carbonyl (C=O) groups excluding carboxylic acids is 3. The molecular weight excluding hydrogens is 575 g/mol. The maximum Gasteiger partial charge on any atom is 0.352 e. The first-order valence-corrected chi connectivity index (χ1v) is 15.1. The van der Waals surface area contributed by atoms with Crippen LogP contribution in [0.25, 0.3) is 0 Å². The minimum atomic E-state index is -1.16. The third kappa shape index (κ3) is 5.57. The van der Waals surface area contributed by atoms with Crippen LogP contribution in [0.5, 0.6) is 0 Å². The molecule has 0 bridgehead atoms. The molecule has 3 atom stereocenters. The van der Waals surface area contributed by atoms with E-state index >= 15 is 0 Å². The van der Waals surface area contributed by atoms with Gasteiger partial charge in [0.25, 0.3) is 5.91 Å². The summed E-state index contributed by atoms with van der Waals surface area (Å²) >= 11 is 6.08. The molecule has 2 saturated heterocycles. The molecule has 0 saturated carbocycles. The summed E-state index contributed by atoms with van der Waals surface area (Å²) in [6.45, 7) is 1.72. The Morgan fingerprint density at radius 1 is 1.26 bits per heavy atom. The molecule has 4 aliphatic heterocycles. The third-order valence-corrected chi connectivity index (χ3v) is 10.3. The SMILES string of the molecule is Cc1nnc(SCC2=C(C(=O)O)N3C(=O)[C@@H](NC(=O)Cn4cnnn4)[C@H]3SC2)s1.O=C1C[C@H]2SCC=CN12. The molecule has 4 aliphatic rings. The van der Waals surface area contributed by atoms with E-state index in [0.717, 1.165) is 21.5 Å². The molecule has 6 heterocycles. The van der Waals surface area contributed by atoms with Crippen molar-refractivity contribution in [1.29, 1.82) is 0 Å². The van der Waals surface area contributed by atoms with E-state index in [1.807, 2.05) is 31.0 Å². The Balaban J connectivity index is 0.000000273. The van der Waals surface area contributed by atoms with Crippen molar-refractivity contribution in [1.82, 2.24) is 45.5 Å². The largest absolute Gasteiger partial charge is 0.477 e. The number of β-lactam (4-membered cyclic amide) rings is 2. The Hall–Kier alpha value is -2.96. The summed E-state index contributed by atoms with van der Waals surface area (Å²) in [7, 11) is 0. The van der Waals surface area contributed by atoms with Crippen LogP contribution in [-0.4, -0.2) is 103 Å². The minimum absolute atomic E-state index is 0.0153. The maximum atomic E-state index is 12.6. The van der Waals surface area contributed by atoms with E-state index in [1.54, 1.807) is 4.90 Å². The van der Waals surface area contributed by atoms with Gasteiger partial charge in [-0.05, 0) is 22.9 Å². The van der Waals surface area contributed by atoms with Crippen LogP contribution in [0.15, 0.2) is 34.2 Å². The average Bonchev–Trinajstić information content (AvgIpc) is 3.56. The van der Waals surface area contributed by atoms with E-state index < -0.39 is 29.2 Å². The molecule has 0 aliphatic carbocycles. The molecule has 14 nitrogen and oxygen atoms in total. The average molecular weight is 596 g/mol. The standard InChI is InChI=1S/C14H14N8O4S3.C6H7NOS/c1-6-17-18-14(29-6)28-4-7-3-27-12-9(11(24)22(12)10(7)13(25)26)16-8(23)2-21-5-15-19-20-21;8-5-4-6-7(5)2-1-3-9-6/h5,9,12H,2-4H2,1H3,(H,16,23)(H,25,26);1-2,6H,3-4H2/t9-,12-;6-/m11/s1. The Labute approximate surface area is 232 Å². The summed E-state index contributed by atoms with van der Waals surface area (Å²) in [6, 6.07) is -0.779. The van der Waals surface area contributed by atoms with Crippen molar-refractivity contribution in [2.45, 2.75) is 41.0 Å². The van der Waals surface area contributed by atoms with Crippen molar-refractivity contribution in [3.05, 3.63) is 34.9 Å². The van der Waals surface area contributed by atoms with Crippen LogP contribution >= 0.6 is 46.6 Å². The minimum Gasteiger partial charge on any atom is -0.477 e. The molecule has 18 heteroatoms. The lowest BCUT2D eigenvalue weighted by Gasteiger charge is -2.49. The first kappa shape index (κ1) is 26.6. The number of aryl methyl sites for hydroxylation is 1. The van der Waals surface area contributed by atoms with Gasteiger partial charge in [0.15, 0.2) is 4.34 Å². The van der Waals surface area contributed by atoms with Gasteiger partial charge < -0.3 is 15.3 Å². The van der Waals surface area contributed by atoms with Gasteiger partial charge in [0.1, 0.15) is 35.0 Å². The fourth-order valence-corrected chi connectivity index (χ4v) is 8.27. The number of amides is 3. The van der Waals surface area contributed by atoms with Crippen molar-refractivity contribution < 1.29 is 24.3 Å². The van der Waals surface area contributed by atoms with Crippen molar-refractivity contribution in [2.24, 2.45) is 0 Å². The lowest BCUT2D eigenvalue weighted by atomic mass is 10.0. The molecule has 2 aromatic heterocycles. The number of hydrogen-bond acceptors (Lipinski definition) is 13. The smallest absolute Gasteiger partial charge is 0.352 e. The van der Waals surface area contributed by atoms with Crippen LogP contribution in [-0.2, 0) is 25.7 Å². The van der Waals surface area contributed by atoms with Gasteiger partial charge in [0.05, 0.1) is 11.8 Å². The van der Waals surface area contributed by atoms with Crippen LogP contribution in [0.4, 0.5) is 0 Å². The van der Waals surface area contributed by atoms with Crippen molar-refractivity contribution in [3.8, 4) is 0 Å². The summed E-state index contributed by atoms with van der Waals surface area (Å²) in [5, 5.41) is 31.6. The fraction of sp³-hybridized carbons (Fsp3) is 0.450. The summed E-state index contributed by atoms with van der Waals surface area (Å²) < 4.78 is 1.98. The zero-order valence-electron chi connectivity index (χ0n) is 19.8. The molecule has 0 unspecified atom stereocenters. The van der Waals surface area contributed by atoms with Crippen LogP contribution < -0.4 is 5.32 Å². The molecule has 0 radical (unpaired) electrons. The summed E-state index contributed by atoms with van der Waals surface area (Å²) in [4.78, 5) is 50.3. The number of rotatable bonds is 7. The Morgan fingerprint density at radius 3 is 2.74 bits per heavy atom. The second-order valence-corrected chi connectivity index (χ2v) is 13.0. The number of thioether (sulfide) groups is 3. The van der Waals surface area contributed by atoms with Gasteiger partial charge in [-0.3, -0.25) is 19.3 Å². The Kier molecular flexibility index (Phi) is 8.01. The van der Waals surface area contributed by atoms with Gasteiger partial charge in [-0.1, -0.05) is 29.2 Å². The van der Waals surface area contributed by atoms with E-state index in [9.17, 15) is 24.3 Å². The second-order valence-electron chi connectivity index (χ2n) is 8.27. The predicted octanol–water partition coefficient (Wildman–Crippen LogP) is 0.169. The number of nitrogens with one attached hydrogen (secondary N) is 1. The van der Waals surface area contributed by atoms with E-state index in [-0.39, 0.29) is 18.1 Å². The van der Waals surface area contributed by atoms with Gasteiger partial charge in [-0.25, -0.2) is 9.48 Å². The highest BCUT2D eigenvalue weighted by atomic mass is 32.2. The van der Waals surface area contributed by atoms with Crippen LogP contribution in [0.1, 0.15) is 11.4 Å². The van der Waals surface area contributed by atoms with Gasteiger partial charge in [0.2, 0.25) is 11.8 Å². The van der Waals surface area contributed by atoms with Gasteiger partial charge in [0, 0.05) is 23.5 Å². The molecule has 6 rings (SSSR count). The van der Waals surface area contributed by atoms with E-state index in [4.69, 9.17) is 0 Å². The highest BCUT2D eigenvalue weighted by Gasteiger charge is 2.54. The fourth-order valence-electron chi connectivity index (χ4n) is 3.94. The normalized spacial score (nSPS) is 23.6. The first-order valence-electron chi connectivity index (χ1n) is 11.2. The van der Waals surface area contributed by atoms with E-state index in [2.05, 4.69) is 31.0 Å². The number of tetrazole rings is 1. The number of aliphatic carboxylic acids is 1. The molecule has 2 fully saturated rings. The molecule has 2 aromatic rings. The molecule has 38 heavy (non-hydrogen) atoms. The Morgan fingerprint density at radius 2 is 2.11 bits per heavy atom. The number of carbonyl (C=O) groups is 4. The quantitative estimate of drug-likeness (QED) is 0.327. The molecule has 200 valence electrons. The molecule has 0 aromatic carbocycles. The number of aromatic nitrogens is 6. The molecule has 3 amide bonds. The second kappa shape index (κ2) is 11.4. The summed E-state index contributed by atoms with van der Waals surface area (Å²) in [5.41, 5.74) is 0.627. The zero-order valence-corrected chi connectivity index (χ0v) is 23.1. The lowest BCUT2D eigenvalue weighted by Crippen LogP contribution is -2.70. The van der Waals surface area contributed by atoms with Gasteiger partial charge in [-0.15, -0.1) is 38.8 Å². The van der Waals surface area contributed by atoms with Gasteiger partial charge in [-0.2, -0.15) is 0 Å². The third-order valence-electron chi connectivity index (χ3n) is 5.74. The highest BCUT2D eigenvalue weighted by molar-refractivity contribution is 8.02. The van der Waals surface area contributed by atoms with Crippen LogP contribution in [0, 0.1) is 6.92 Å². The van der Waals surface area contributed by atoms with E-state index in [1.165, 1.54) is 50.8 Å². The number of hydrogen-bond donors (Lipinski definition) is 2. The van der Waals surface area contributed by atoms with Crippen LogP contribution in [0.2, 0.25) is 0 Å². The predicted molar refractivity (Wildman–Crippen MR) is 140 cm³/mol. The summed E-state index contributed by atoms with van der Waals surface area (Å²) in [6.07, 6.45) is 5.96.